The smallest absolute Gasteiger partial charge is 0 e. The number of allylic oxidation sites excluding steroid dienone is 4. The van der Waals surface area contributed by atoms with Crippen molar-refractivity contribution in [2.45, 2.75) is 12.3 Å². The van der Waals surface area contributed by atoms with Crippen LogP contribution in [0.5, 0.6) is 0 Å². The molecule has 0 amide bonds. The molecule has 32 heavy (non-hydrogen) atoms. The Morgan fingerprint density at radius 3 is 2.09 bits per heavy atom. The van der Waals surface area contributed by atoms with Crippen LogP contribution in [0.15, 0.2) is 121 Å². The molecule has 2 heteroatoms. The molecule has 0 heterocycles. The summed E-state index contributed by atoms with van der Waals surface area (Å²) in [5.41, 5.74) is 7.38. The molecule has 0 spiro atoms. The van der Waals surface area contributed by atoms with Gasteiger partial charge in [-0.05, 0) is 0 Å². The molecule has 151 valence electrons. The van der Waals surface area contributed by atoms with Crippen molar-refractivity contribution in [3.63, 3.8) is 0 Å². The van der Waals surface area contributed by atoms with E-state index in [2.05, 4.69) is 121 Å². The second kappa shape index (κ2) is 9.50. The summed E-state index contributed by atoms with van der Waals surface area (Å²) >= 11 is -2.42. The van der Waals surface area contributed by atoms with Crippen LogP contribution < -0.4 is 10.7 Å². The molecule has 0 aliphatic heterocycles. The van der Waals surface area contributed by atoms with Crippen LogP contribution in [-0.4, -0.2) is 19.8 Å². The van der Waals surface area contributed by atoms with Crippen molar-refractivity contribution in [1.29, 1.82) is 0 Å². The molecule has 1 radical (unpaired) electrons. The van der Waals surface area contributed by atoms with E-state index >= 15 is 0 Å². The molecule has 2 aliphatic rings. The molecule has 0 aromatic heterocycles. The third kappa shape index (κ3) is 3.84. The van der Waals surface area contributed by atoms with Gasteiger partial charge in [-0.3, -0.25) is 0 Å². The van der Waals surface area contributed by atoms with Gasteiger partial charge in [0.1, 0.15) is 0 Å². The Bertz CT molecular complexity index is 1310. The minimum atomic E-state index is -2.42. The number of fused-ring (bicyclic) bond motifs is 3. The Morgan fingerprint density at radius 1 is 0.594 bits per heavy atom. The first kappa shape index (κ1) is 21.9. The van der Waals surface area contributed by atoms with Gasteiger partial charge in [-0.15, -0.1) is 0 Å². The molecule has 0 nitrogen and oxygen atoms in total. The Balaban J connectivity index is 0.00000216. The molecule has 0 N–H and O–H groups in total. The molecule has 2 aliphatic carbocycles. The summed E-state index contributed by atoms with van der Waals surface area (Å²) in [5.74, 6) is 0.393. The van der Waals surface area contributed by atoms with E-state index in [1.54, 1.807) is 16.3 Å². The third-order valence-electron chi connectivity index (χ3n) is 6.52. The normalized spacial score (nSPS) is 13.8. The van der Waals surface area contributed by atoms with E-state index in [0.29, 0.717) is 5.92 Å². The van der Waals surface area contributed by atoms with Gasteiger partial charge < -0.3 is 0 Å². The average Bonchev–Trinajstić information content (AvgIpc) is 3.49. The standard InChI is InChI=1S/C13H9.C11H9.C6H5.Sn.Zr/c1-3-7-12-10(5-1)9-11-6-2-4-8-13(11)12;1-2-6-10(7-3-1)11-8-4-5-9-11;1-2-4-6-5-3-1;;/h1-5,7-8H,9H2;1-6,8-9,11H;1-5H;;. The van der Waals surface area contributed by atoms with Crippen LogP contribution in [0.25, 0.3) is 11.1 Å². The van der Waals surface area contributed by atoms with Crippen molar-refractivity contribution in [3.8, 4) is 11.1 Å². The van der Waals surface area contributed by atoms with Gasteiger partial charge in [0.2, 0.25) is 0 Å². The van der Waals surface area contributed by atoms with Crippen molar-refractivity contribution in [1.82, 2.24) is 0 Å². The fraction of sp³-hybridized carbons (Fsp3) is 0.0667. The first-order chi connectivity index (χ1) is 15.4. The fourth-order valence-corrected chi connectivity index (χ4v) is 13.7. The van der Waals surface area contributed by atoms with Gasteiger partial charge in [0.05, 0.1) is 0 Å². The molecular formula is C30H23SnZr. The van der Waals surface area contributed by atoms with Crippen LogP contribution in [0.3, 0.4) is 0 Å². The zero-order valence-electron chi connectivity index (χ0n) is 17.8. The molecule has 4 aromatic rings. The van der Waals surface area contributed by atoms with Crippen LogP contribution >= 0.6 is 0 Å². The molecule has 0 unspecified atom stereocenters. The average molecular weight is 593 g/mol. The minimum Gasteiger partial charge on any atom is 0 e. The van der Waals surface area contributed by atoms with Gasteiger partial charge in [0.25, 0.3) is 0 Å². The van der Waals surface area contributed by atoms with Crippen LogP contribution in [0.1, 0.15) is 22.6 Å². The predicted octanol–water partition coefficient (Wildman–Crippen LogP) is 4.98. The molecule has 0 fully saturated rings. The number of benzene rings is 4. The van der Waals surface area contributed by atoms with Crippen LogP contribution in [-0.2, 0) is 32.6 Å². The van der Waals surface area contributed by atoms with E-state index in [4.69, 9.17) is 0 Å². The second-order valence-corrected chi connectivity index (χ2v) is 15.2. The van der Waals surface area contributed by atoms with Crippen molar-refractivity contribution >= 4 is 30.5 Å². The molecule has 6 rings (SSSR count). The zero-order valence-corrected chi connectivity index (χ0v) is 23.1. The summed E-state index contributed by atoms with van der Waals surface area (Å²) < 4.78 is 4.77. The van der Waals surface area contributed by atoms with E-state index in [0.717, 1.165) is 6.42 Å². The third-order valence-corrected chi connectivity index (χ3v) is 14.8. The van der Waals surface area contributed by atoms with Crippen LogP contribution in [0, 0.1) is 0 Å². The molecular weight excluding hydrogens is 570 g/mol. The van der Waals surface area contributed by atoms with Crippen molar-refractivity contribution in [2.24, 2.45) is 0 Å². The zero-order chi connectivity index (χ0) is 20.6. The molecule has 0 saturated heterocycles. The summed E-state index contributed by atoms with van der Waals surface area (Å²) in [6, 6.07) is 36.5. The van der Waals surface area contributed by atoms with E-state index in [1.807, 2.05) is 0 Å². The van der Waals surface area contributed by atoms with Gasteiger partial charge >= 0.3 is 192 Å². The number of hydrogen-bond acceptors (Lipinski definition) is 0. The first-order valence-corrected chi connectivity index (χ1v) is 15.3. The SMILES string of the molecule is C1=CC(c2cccc[c]2[Sn]([c]2ccccc2)[c]2cccc3c2Cc2ccccc2-3)C=C1.[Zr]. The predicted molar refractivity (Wildman–Crippen MR) is 133 cm³/mol. The topological polar surface area (TPSA) is 0 Å². The van der Waals surface area contributed by atoms with Crippen molar-refractivity contribution in [3.05, 3.63) is 138 Å². The molecule has 0 bridgehead atoms. The van der Waals surface area contributed by atoms with Gasteiger partial charge in [0.15, 0.2) is 0 Å². The quantitative estimate of drug-likeness (QED) is 0.258. The largest absolute Gasteiger partial charge is 0 e. The Labute approximate surface area is 216 Å². The minimum absolute atomic E-state index is 0. The molecule has 0 saturated carbocycles. The number of hydrogen-bond donors (Lipinski definition) is 0. The maximum atomic E-state index is 2.43. The van der Waals surface area contributed by atoms with Crippen LogP contribution in [0.4, 0.5) is 0 Å². The van der Waals surface area contributed by atoms with Gasteiger partial charge in [0, 0.05) is 26.2 Å². The maximum absolute atomic E-state index is 2.43. The Morgan fingerprint density at radius 2 is 1.25 bits per heavy atom. The van der Waals surface area contributed by atoms with E-state index in [9.17, 15) is 0 Å². The molecule has 0 atom stereocenters. The van der Waals surface area contributed by atoms with Crippen molar-refractivity contribution < 1.29 is 26.2 Å². The Kier molecular flexibility index (Phi) is 6.49. The first-order valence-electron chi connectivity index (χ1n) is 11.0. The summed E-state index contributed by atoms with van der Waals surface area (Å²) in [5, 5.41) is 0. The monoisotopic (exact) mass is 593 g/mol. The second-order valence-electron chi connectivity index (χ2n) is 8.29. The van der Waals surface area contributed by atoms with E-state index in [1.165, 1.54) is 22.3 Å². The Hall–Kier alpha value is -1.96. The summed E-state index contributed by atoms with van der Waals surface area (Å²) in [4.78, 5) is 0. The van der Waals surface area contributed by atoms with Gasteiger partial charge in [-0.1, -0.05) is 0 Å². The number of rotatable bonds is 4. The fourth-order valence-electron chi connectivity index (χ4n) is 5.11. The summed E-state index contributed by atoms with van der Waals surface area (Å²) in [6.07, 6.45) is 10.1. The van der Waals surface area contributed by atoms with E-state index < -0.39 is 19.8 Å². The molecule has 4 aromatic carbocycles. The van der Waals surface area contributed by atoms with Crippen molar-refractivity contribution in [2.75, 3.05) is 0 Å². The summed E-state index contributed by atoms with van der Waals surface area (Å²) in [7, 11) is 0. The van der Waals surface area contributed by atoms with Gasteiger partial charge in [-0.2, -0.15) is 0 Å². The van der Waals surface area contributed by atoms with E-state index in [-0.39, 0.29) is 26.2 Å². The summed E-state index contributed by atoms with van der Waals surface area (Å²) in [6.45, 7) is 0. The van der Waals surface area contributed by atoms with Crippen LogP contribution in [0.2, 0.25) is 0 Å². The van der Waals surface area contributed by atoms with Gasteiger partial charge in [-0.25, -0.2) is 0 Å². The maximum Gasteiger partial charge on any atom is 0 e.